The zero-order valence-corrected chi connectivity index (χ0v) is 13.2. The summed E-state index contributed by atoms with van der Waals surface area (Å²) in [6.45, 7) is 2.47. The van der Waals surface area contributed by atoms with Crippen LogP contribution in [0.1, 0.15) is 64.7 Å². The number of fused-ring (bicyclic) bond motifs is 4. The Hall–Kier alpha value is -1.03. The highest BCUT2D eigenvalue weighted by molar-refractivity contribution is 5.82. The van der Waals surface area contributed by atoms with Crippen molar-refractivity contribution in [2.45, 2.75) is 64.7 Å². The molecule has 0 N–H and O–H groups in total. The Morgan fingerprint density at radius 3 is 2.81 bits per heavy atom. The standard InChI is InChI=1S/C20H26O/c1-3-14-5-9-19-18-7-4-13-12-15(21)6-8-16(13)17(18)10-11-20(14,19)2/h1,14,17-19H,4-12H2,2H3/t14-,17?,18?,19?,20+/m0/s1. The van der Waals surface area contributed by atoms with Crippen LogP contribution in [-0.2, 0) is 4.79 Å². The Labute approximate surface area is 128 Å². The third-order valence-corrected chi connectivity index (χ3v) is 7.40. The number of carbonyl (C=O) groups excluding carboxylic acids is 1. The fourth-order valence-electron chi connectivity index (χ4n) is 6.32. The average molecular weight is 282 g/mol. The second kappa shape index (κ2) is 4.73. The van der Waals surface area contributed by atoms with Crippen LogP contribution in [0.4, 0.5) is 0 Å². The van der Waals surface area contributed by atoms with E-state index in [1.165, 1.54) is 44.1 Å². The first-order valence-electron chi connectivity index (χ1n) is 8.82. The van der Waals surface area contributed by atoms with Crippen molar-refractivity contribution >= 4 is 5.78 Å². The first-order valence-corrected chi connectivity index (χ1v) is 8.82. The summed E-state index contributed by atoms with van der Waals surface area (Å²) in [7, 11) is 0. The topological polar surface area (TPSA) is 17.1 Å². The Balaban J connectivity index is 1.65. The van der Waals surface area contributed by atoms with Crippen LogP contribution in [0.2, 0.25) is 0 Å². The van der Waals surface area contributed by atoms with Gasteiger partial charge in [0.2, 0.25) is 0 Å². The molecule has 1 heteroatoms. The normalized spacial score (nSPS) is 45.6. The summed E-state index contributed by atoms with van der Waals surface area (Å²) in [4.78, 5) is 11.7. The highest BCUT2D eigenvalue weighted by Gasteiger charge is 2.54. The SMILES string of the molecule is C#C[C@H]1CCC2C3CCC4=C(CCC(=O)C4)C3CC[C@@]21C. The number of rotatable bonds is 0. The third-order valence-electron chi connectivity index (χ3n) is 7.40. The molecular weight excluding hydrogens is 256 g/mol. The maximum absolute atomic E-state index is 11.7. The molecule has 3 unspecified atom stereocenters. The van der Waals surface area contributed by atoms with Crippen molar-refractivity contribution in [3.8, 4) is 12.3 Å². The third kappa shape index (κ3) is 1.88. The summed E-state index contributed by atoms with van der Waals surface area (Å²) in [6.07, 6.45) is 16.2. The van der Waals surface area contributed by atoms with Crippen LogP contribution >= 0.6 is 0 Å². The van der Waals surface area contributed by atoms with Crippen molar-refractivity contribution in [2.75, 3.05) is 0 Å². The first kappa shape index (κ1) is 13.6. The summed E-state index contributed by atoms with van der Waals surface area (Å²) in [5, 5.41) is 0. The van der Waals surface area contributed by atoms with Gasteiger partial charge in [-0.05, 0) is 68.1 Å². The molecule has 4 rings (SSSR count). The fraction of sp³-hybridized carbons (Fsp3) is 0.750. The number of allylic oxidation sites excluding steroid dienone is 2. The summed E-state index contributed by atoms with van der Waals surface area (Å²) in [5.41, 5.74) is 3.64. The maximum atomic E-state index is 11.7. The van der Waals surface area contributed by atoms with E-state index in [0.29, 0.717) is 17.1 Å². The molecular formula is C20H26O. The van der Waals surface area contributed by atoms with Crippen LogP contribution in [-0.4, -0.2) is 5.78 Å². The molecule has 0 aliphatic heterocycles. The van der Waals surface area contributed by atoms with E-state index in [4.69, 9.17) is 6.42 Å². The van der Waals surface area contributed by atoms with Crippen molar-refractivity contribution in [2.24, 2.45) is 29.1 Å². The van der Waals surface area contributed by atoms with E-state index in [-0.39, 0.29) is 0 Å². The van der Waals surface area contributed by atoms with E-state index in [9.17, 15) is 4.79 Å². The molecule has 0 radical (unpaired) electrons. The lowest BCUT2D eigenvalue weighted by Gasteiger charge is -2.51. The number of hydrogen-bond donors (Lipinski definition) is 0. The second-order valence-electron chi connectivity index (χ2n) is 8.10. The monoisotopic (exact) mass is 282 g/mol. The predicted molar refractivity (Wildman–Crippen MR) is 84.5 cm³/mol. The van der Waals surface area contributed by atoms with Gasteiger partial charge in [-0.25, -0.2) is 0 Å². The van der Waals surface area contributed by atoms with Gasteiger partial charge in [0.25, 0.3) is 0 Å². The van der Waals surface area contributed by atoms with Gasteiger partial charge < -0.3 is 0 Å². The highest BCUT2D eigenvalue weighted by atomic mass is 16.1. The summed E-state index contributed by atoms with van der Waals surface area (Å²) in [6, 6.07) is 0. The Bertz CT molecular complexity index is 549. The second-order valence-corrected chi connectivity index (χ2v) is 8.10. The molecule has 4 aliphatic carbocycles. The lowest BCUT2D eigenvalue weighted by atomic mass is 9.53. The number of carbonyl (C=O) groups is 1. The molecule has 4 aliphatic rings. The maximum Gasteiger partial charge on any atom is 0.137 e. The molecule has 112 valence electrons. The molecule has 2 saturated carbocycles. The quantitative estimate of drug-likeness (QED) is 0.471. The first-order chi connectivity index (χ1) is 10.1. The number of ketones is 1. The van der Waals surface area contributed by atoms with Crippen LogP contribution in [0.15, 0.2) is 11.1 Å². The minimum absolute atomic E-state index is 0.401. The van der Waals surface area contributed by atoms with Gasteiger partial charge in [-0.1, -0.05) is 18.1 Å². The van der Waals surface area contributed by atoms with Crippen LogP contribution in [0.25, 0.3) is 0 Å². The van der Waals surface area contributed by atoms with Crippen molar-refractivity contribution in [1.29, 1.82) is 0 Å². The molecule has 5 atom stereocenters. The Morgan fingerprint density at radius 2 is 2.00 bits per heavy atom. The molecule has 1 nitrogen and oxygen atoms in total. The minimum atomic E-state index is 0.401. The molecule has 0 heterocycles. The molecule has 0 spiro atoms. The minimum Gasteiger partial charge on any atom is -0.299 e. The molecule has 2 fully saturated rings. The predicted octanol–water partition coefficient (Wildman–Crippen LogP) is 4.52. The van der Waals surface area contributed by atoms with Gasteiger partial charge in [-0.15, -0.1) is 12.3 Å². The zero-order valence-electron chi connectivity index (χ0n) is 13.2. The van der Waals surface area contributed by atoms with E-state index >= 15 is 0 Å². The van der Waals surface area contributed by atoms with Gasteiger partial charge in [0.15, 0.2) is 0 Å². The molecule has 0 bridgehead atoms. The van der Waals surface area contributed by atoms with E-state index in [0.717, 1.165) is 37.0 Å². The van der Waals surface area contributed by atoms with Crippen molar-refractivity contribution in [3.63, 3.8) is 0 Å². The number of Topliss-reactive ketones (excluding diaryl/α,β-unsaturated/α-hetero) is 1. The summed E-state index contributed by atoms with van der Waals surface area (Å²) < 4.78 is 0. The fourth-order valence-corrected chi connectivity index (χ4v) is 6.32. The van der Waals surface area contributed by atoms with E-state index in [2.05, 4.69) is 12.8 Å². The Kier molecular flexibility index (Phi) is 3.07. The Morgan fingerprint density at radius 1 is 1.14 bits per heavy atom. The van der Waals surface area contributed by atoms with E-state index < -0.39 is 0 Å². The molecule has 0 aromatic rings. The lowest BCUT2D eigenvalue weighted by molar-refractivity contribution is -0.119. The molecule has 0 saturated heterocycles. The lowest BCUT2D eigenvalue weighted by Crippen LogP contribution is -2.43. The highest BCUT2D eigenvalue weighted by Crippen LogP contribution is 2.62. The van der Waals surface area contributed by atoms with Gasteiger partial charge >= 0.3 is 0 Å². The van der Waals surface area contributed by atoms with Crippen LogP contribution in [0.3, 0.4) is 0 Å². The number of hydrogen-bond acceptors (Lipinski definition) is 1. The smallest absolute Gasteiger partial charge is 0.137 e. The van der Waals surface area contributed by atoms with E-state index in [1.54, 1.807) is 5.57 Å². The van der Waals surface area contributed by atoms with Crippen LogP contribution in [0.5, 0.6) is 0 Å². The van der Waals surface area contributed by atoms with Gasteiger partial charge in [0.05, 0.1) is 0 Å². The van der Waals surface area contributed by atoms with Crippen molar-refractivity contribution < 1.29 is 4.79 Å². The van der Waals surface area contributed by atoms with Gasteiger partial charge in [-0.2, -0.15) is 0 Å². The zero-order chi connectivity index (χ0) is 14.6. The molecule has 21 heavy (non-hydrogen) atoms. The summed E-state index contributed by atoms with van der Waals surface area (Å²) >= 11 is 0. The van der Waals surface area contributed by atoms with Gasteiger partial charge in [0.1, 0.15) is 5.78 Å². The molecule has 0 aromatic carbocycles. The number of terminal acetylenes is 1. The van der Waals surface area contributed by atoms with Gasteiger partial charge in [0, 0.05) is 18.8 Å². The molecule has 0 aromatic heterocycles. The van der Waals surface area contributed by atoms with E-state index in [1.807, 2.05) is 0 Å². The molecule has 0 amide bonds. The largest absolute Gasteiger partial charge is 0.299 e. The summed E-state index contributed by atoms with van der Waals surface area (Å²) in [5.74, 6) is 6.57. The van der Waals surface area contributed by atoms with Crippen LogP contribution < -0.4 is 0 Å². The van der Waals surface area contributed by atoms with Crippen molar-refractivity contribution in [3.05, 3.63) is 11.1 Å². The van der Waals surface area contributed by atoms with Crippen molar-refractivity contribution in [1.82, 2.24) is 0 Å². The average Bonchev–Trinajstić information content (AvgIpc) is 2.83. The van der Waals surface area contributed by atoms with Crippen LogP contribution in [0, 0.1) is 41.4 Å². The van der Waals surface area contributed by atoms with Gasteiger partial charge in [-0.3, -0.25) is 4.79 Å².